The fourth-order valence-electron chi connectivity index (χ4n) is 6.17. The van der Waals surface area contributed by atoms with Crippen molar-refractivity contribution >= 4 is 56.3 Å². The van der Waals surface area contributed by atoms with Crippen LogP contribution in [-0.2, 0) is 21.6 Å². The molecule has 0 amide bonds. The number of likely N-dealkylation sites (N-methyl/N-ethyl adjacent to an activating group) is 2. The lowest BCUT2D eigenvalue weighted by Crippen LogP contribution is -2.53. The van der Waals surface area contributed by atoms with Crippen molar-refractivity contribution in [3.8, 4) is 0 Å². The first kappa shape index (κ1) is 31.1. The molecule has 0 saturated heterocycles. The lowest BCUT2D eigenvalue weighted by molar-refractivity contribution is -0.137. The first-order valence-corrected chi connectivity index (χ1v) is 15.3. The lowest BCUT2D eigenvalue weighted by Gasteiger charge is -2.44. The van der Waals surface area contributed by atoms with Crippen molar-refractivity contribution in [2.45, 2.75) is 45.7 Å². The minimum Gasteiger partial charge on any atom is -0.369 e. The van der Waals surface area contributed by atoms with E-state index >= 15 is 4.39 Å². The molecule has 1 aromatic heterocycles. The largest absolute Gasteiger partial charge is 0.416 e. The second-order valence-electron chi connectivity index (χ2n) is 10.8. The Morgan fingerprint density at radius 3 is 2.40 bits per heavy atom. The summed E-state index contributed by atoms with van der Waals surface area (Å²) < 4.78 is 82.6. The molecule has 5 rings (SSSR count). The van der Waals surface area contributed by atoms with Crippen LogP contribution in [0.1, 0.15) is 24.0 Å². The van der Waals surface area contributed by atoms with Gasteiger partial charge in [-0.05, 0) is 50.7 Å². The quantitative estimate of drug-likeness (QED) is 0.234. The van der Waals surface area contributed by atoms with Crippen LogP contribution in [0.5, 0.6) is 0 Å². The molecule has 2 aliphatic carbocycles. The molecule has 1 unspecified atom stereocenters. The molecule has 2 aliphatic rings. The number of hydrogen-bond acceptors (Lipinski definition) is 6. The molecule has 0 bridgehead atoms. The highest BCUT2D eigenvalue weighted by Gasteiger charge is 2.78. The van der Waals surface area contributed by atoms with Gasteiger partial charge in [-0.2, -0.15) is 13.2 Å². The summed E-state index contributed by atoms with van der Waals surface area (Å²) in [5, 5.41) is -0.0204. The molecule has 3 aromatic rings. The number of nitrogens with zero attached hydrogens (tertiary/aromatic N) is 4. The van der Waals surface area contributed by atoms with Gasteiger partial charge >= 0.3 is 6.18 Å². The van der Waals surface area contributed by atoms with E-state index in [2.05, 4.69) is 14.7 Å². The summed E-state index contributed by atoms with van der Waals surface area (Å²) in [6, 6.07) is 7.83. The number of fused-ring (bicyclic) bond motifs is 1. The summed E-state index contributed by atoms with van der Waals surface area (Å²) in [7, 11) is 0.980. The summed E-state index contributed by atoms with van der Waals surface area (Å²) in [5.41, 5.74) is -1.07. The normalized spacial score (nSPS) is 25.2. The molecule has 15 heteroatoms. The second kappa shape index (κ2) is 10.7. The Morgan fingerprint density at radius 2 is 1.79 bits per heavy atom. The van der Waals surface area contributed by atoms with Gasteiger partial charge in [-0.15, -0.1) is 23.2 Å². The first-order chi connectivity index (χ1) is 19.5. The molecule has 4 atom stereocenters. The van der Waals surface area contributed by atoms with E-state index in [4.69, 9.17) is 34.8 Å². The number of nitrogens with one attached hydrogen (secondary N) is 1. The molecule has 42 heavy (non-hydrogen) atoms. The van der Waals surface area contributed by atoms with Crippen LogP contribution in [-0.4, -0.2) is 60.8 Å². The van der Waals surface area contributed by atoms with Gasteiger partial charge in [0.1, 0.15) is 27.2 Å². The van der Waals surface area contributed by atoms with Crippen molar-refractivity contribution in [2.75, 3.05) is 30.8 Å². The van der Waals surface area contributed by atoms with E-state index < -0.39 is 48.1 Å². The average molecular weight is 667 g/mol. The number of rotatable bonds is 7. The molecule has 0 aliphatic heterocycles. The molecular formula is C27H26Cl3F4N5O2S. The fraction of sp³-hybridized carbons (Fsp3) is 0.407. The highest BCUT2D eigenvalue weighted by atomic mass is 35.5. The van der Waals surface area contributed by atoms with E-state index in [1.165, 1.54) is 18.3 Å². The third kappa shape index (κ3) is 5.19. The molecule has 1 heterocycles. The zero-order valence-corrected chi connectivity index (χ0v) is 25.6. The molecule has 2 aromatic carbocycles. The van der Waals surface area contributed by atoms with Crippen molar-refractivity contribution in [2.24, 2.45) is 5.92 Å². The highest BCUT2D eigenvalue weighted by molar-refractivity contribution is 7.92. The van der Waals surface area contributed by atoms with E-state index in [1.807, 2.05) is 19.0 Å². The SMILES string of the molecule is CN(C)[C@H]1C[C@@]2(c3cccc(C(F)(F)F)c3)C(C[C@@H]1N(C)c1cc(F)c(S(=O)(=O)Nc3ccncn3)cc1Cl)C2(Cl)Cl. The minimum absolute atomic E-state index is 0.0204. The summed E-state index contributed by atoms with van der Waals surface area (Å²) in [4.78, 5) is 10.5. The van der Waals surface area contributed by atoms with Gasteiger partial charge in [0.2, 0.25) is 0 Å². The van der Waals surface area contributed by atoms with E-state index in [0.717, 1.165) is 30.6 Å². The van der Waals surface area contributed by atoms with E-state index in [1.54, 1.807) is 18.0 Å². The Kier molecular flexibility index (Phi) is 7.88. The lowest BCUT2D eigenvalue weighted by atomic mass is 9.76. The molecule has 0 spiro atoms. The van der Waals surface area contributed by atoms with Crippen LogP contribution in [0.2, 0.25) is 5.02 Å². The van der Waals surface area contributed by atoms with Gasteiger partial charge in [-0.25, -0.2) is 22.8 Å². The van der Waals surface area contributed by atoms with E-state index in [0.29, 0.717) is 18.4 Å². The van der Waals surface area contributed by atoms with Crippen LogP contribution in [0.25, 0.3) is 0 Å². The maximum Gasteiger partial charge on any atom is 0.416 e. The van der Waals surface area contributed by atoms with Crippen molar-refractivity contribution in [3.63, 3.8) is 0 Å². The Hall–Kier alpha value is -2.38. The van der Waals surface area contributed by atoms with Gasteiger partial charge in [0.05, 0.1) is 16.3 Å². The van der Waals surface area contributed by atoms with Crippen LogP contribution in [0.4, 0.5) is 29.1 Å². The maximum atomic E-state index is 15.4. The predicted octanol–water partition coefficient (Wildman–Crippen LogP) is 6.36. The molecule has 7 nitrogen and oxygen atoms in total. The Labute approximate surface area is 255 Å². The first-order valence-electron chi connectivity index (χ1n) is 12.7. The van der Waals surface area contributed by atoms with Crippen molar-refractivity contribution in [3.05, 3.63) is 77.0 Å². The van der Waals surface area contributed by atoms with Crippen LogP contribution in [0.15, 0.2) is 59.9 Å². The summed E-state index contributed by atoms with van der Waals surface area (Å²) in [6.45, 7) is 0. The van der Waals surface area contributed by atoms with E-state index in [9.17, 15) is 21.6 Å². The van der Waals surface area contributed by atoms with Crippen LogP contribution in [0, 0.1) is 11.7 Å². The topological polar surface area (TPSA) is 78.4 Å². The number of anilines is 2. The summed E-state index contributed by atoms with van der Waals surface area (Å²) in [6.07, 6.45) is -1.38. The maximum absolute atomic E-state index is 15.4. The Balaban J connectivity index is 1.47. The second-order valence-corrected chi connectivity index (χ2v) is 14.3. The van der Waals surface area contributed by atoms with Gasteiger partial charge in [0.25, 0.3) is 10.0 Å². The van der Waals surface area contributed by atoms with Gasteiger partial charge in [-0.1, -0.05) is 29.8 Å². The van der Waals surface area contributed by atoms with Crippen LogP contribution < -0.4 is 9.62 Å². The average Bonchev–Trinajstić information content (AvgIpc) is 3.43. The zero-order valence-electron chi connectivity index (χ0n) is 22.5. The van der Waals surface area contributed by atoms with Crippen LogP contribution in [0.3, 0.4) is 0 Å². The third-order valence-corrected chi connectivity index (χ3v) is 11.2. The monoisotopic (exact) mass is 665 g/mol. The Bertz CT molecular complexity index is 1610. The van der Waals surface area contributed by atoms with Crippen molar-refractivity contribution < 1.29 is 26.0 Å². The Morgan fingerprint density at radius 1 is 1.07 bits per heavy atom. The molecule has 226 valence electrons. The van der Waals surface area contributed by atoms with E-state index in [-0.39, 0.29) is 28.6 Å². The number of aromatic nitrogens is 2. The third-order valence-electron chi connectivity index (χ3n) is 8.35. The van der Waals surface area contributed by atoms with Gasteiger partial charge in [0.15, 0.2) is 0 Å². The number of hydrogen-bond donors (Lipinski definition) is 1. The summed E-state index contributed by atoms with van der Waals surface area (Å²) in [5.74, 6) is -1.48. The predicted molar refractivity (Wildman–Crippen MR) is 154 cm³/mol. The minimum atomic E-state index is -4.53. The molecular weight excluding hydrogens is 641 g/mol. The summed E-state index contributed by atoms with van der Waals surface area (Å²) >= 11 is 20.2. The van der Waals surface area contributed by atoms with Gasteiger partial charge < -0.3 is 9.80 Å². The van der Waals surface area contributed by atoms with Crippen molar-refractivity contribution in [1.82, 2.24) is 14.9 Å². The fourth-order valence-corrected chi connectivity index (χ4v) is 8.70. The standard InChI is InChI=1S/C27H26Cl3F4N5O2S/c1-38(2)21-13-25(15-5-4-6-16(9-15)27(32,33)34)23(26(25,29)30)12-20(21)39(3)19-11-18(31)22(10-17(19)28)42(40,41)37-24-7-8-35-14-36-24/h4-11,14,20-21,23H,12-13H2,1-3H3,(H,35,36,37)/t20-,21-,23?,25+/m0/s1. The molecule has 0 radical (unpaired) electrons. The van der Waals surface area contributed by atoms with Gasteiger partial charge in [0, 0.05) is 42.7 Å². The van der Waals surface area contributed by atoms with Crippen LogP contribution >= 0.6 is 34.8 Å². The molecule has 2 fully saturated rings. The van der Waals surface area contributed by atoms with Crippen molar-refractivity contribution in [1.29, 1.82) is 0 Å². The van der Waals surface area contributed by atoms with Gasteiger partial charge in [-0.3, -0.25) is 4.72 Å². The smallest absolute Gasteiger partial charge is 0.369 e. The number of benzene rings is 2. The zero-order chi connectivity index (χ0) is 30.8. The molecule has 1 N–H and O–H groups in total. The number of halogens is 7. The number of alkyl halides is 5. The highest BCUT2D eigenvalue weighted by Crippen LogP contribution is 2.75. The molecule has 2 saturated carbocycles. The number of sulfonamides is 1.